The highest BCUT2D eigenvalue weighted by Gasteiger charge is 2.18. The topological polar surface area (TPSA) is 36.9 Å². The molecule has 1 N–H and O–H groups in total. The minimum atomic E-state index is 0.849. The number of rotatable bonds is 5. The van der Waals surface area contributed by atoms with Crippen LogP contribution in [0.3, 0.4) is 0 Å². The van der Waals surface area contributed by atoms with Gasteiger partial charge in [0.25, 0.3) is 0 Å². The molecule has 22 heavy (non-hydrogen) atoms. The van der Waals surface area contributed by atoms with Crippen LogP contribution in [0.5, 0.6) is 5.75 Å². The summed E-state index contributed by atoms with van der Waals surface area (Å²) in [6.45, 7) is 5.53. The van der Waals surface area contributed by atoms with E-state index in [0.29, 0.717) is 0 Å². The van der Waals surface area contributed by atoms with E-state index in [4.69, 9.17) is 4.74 Å². The molecule has 0 unspecified atom stereocenters. The third kappa shape index (κ3) is 4.93. The number of hydrogen-bond donors (Lipinski definition) is 1. The quantitative estimate of drug-likeness (QED) is 0.516. The van der Waals surface area contributed by atoms with Gasteiger partial charge in [-0.3, -0.25) is 4.99 Å². The SMILES string of the molecule is CN=C(NCCCc1cccc(OC)c1)N1CCC(C)CC1. The third-order valence-electron chi connectivity index (χ3n) is 4.35. The van der Waals surface area contributed by atoms with Crippen LogP contribution in [0.25, 0.3) is 0 Å². The van der Waals surface area contributed by atoms with Gasteiger partial charge in [-0.2, -0.15) is 0 Å². The van der Waals surface area contributed by atoms with E-state index >= 15 is 0 Å². The summed E-state index contributed by atoms with van der Waals surface area (Å²) >= 11 is 0. The van der Waals surface area contributed by atoms with E-state index in [1.54, 1.807) is 7.11 Å². The highest BCUT2D eigenvalue weighted by molar-refractivity contribution is 5.79. The molecule has 4 heteroatoms. The van der Waals surface area contributed by atoms with E-state index < -0.39 is 0 Å². The molecule has 0 bridgehead atoms. The van der Waals surface area contributed by atoms with Crippen molar-refractivity contribution in [2.45, 2.75) is 32.6 Å². The fourth-order valence-corrected chi connectivity index (χ4v) is 2.87. The predicted octanol–water partition coefficient (Wildman–Crippen LogP) is 2.94. The first-order chi connectivity index (χ1) is 10.7. The second-order valence-electron chi connectivity index (χ2n) is 6.10. The molecule has 1 fully saturated rings. The maximum atomic E-state index is 5.26. The maximum absolute atomic E-state index is 5.26. The summed E-state index contributed by atoms with van der Waals surface area (Å²) in [6.07, 6.45) is 4.68. The van der Waals surface area contributed by atoms with Crippen molar-refractivity contribution in [2.75, 3.05) is 33.8 Å². The Morgan fingerprint density at radius 1 is 1.36 bits per heavy atom. The minimum absolute atomic E-state index is 0.849. The van der Waals surface area contributed by atoms with Gasteiger partial charge in [0.05, 0.1) is 7.11 Å². The monoisotopic (exact) mass is 303 g/mol. The van der Waals surface area contributed by atoms with Crippen molar-refractivity contribution in [3.8, 4) is 5.75 Å². The molecule has 0 radical (unpaired) electrons. The number of guanidine groups is 1. The number of methoxy groups -OCH3 is 1. The molecular weight excluding hydrogens is 274 g/mol. The second kappa shape index (κ2) is 8.66. The fraction of sp³-hybridized carbons (Fsp3) is 0.611. The number of likely N-dealkylation sites (tertiary alicyclic amines) is 1. The summed E-state index contributed by atoms with van der Waals surface area (Å²) in [4.78, 5) is 6.80. The Morgan fingerprint density at radius 2 is 2.14 bits per heavy atom. The predicted molar refractivity (Wildman–Crippen MR) is 92.6 cm³/mol. The van der Waals surface area contributed by atoms with Crippen LogP contribution in [0.1, 0.15) is 31.7 Å². The first-order valence-corrected chi connectivity index (χ1v) is 8.31. The Bertz CT molecular complexity index is 479. The first kappa shape index (κ1) is 16.7. The molecule has 0 atom stereocenters. The van der Waals surface area contributed by atoms with Crippen LogP contribution in [0.2, 0.25) is 0 Å². The number of hydrogen-bond acceptors (Lipinski definition) is 2. The van der Waals surface area contributed by atoms with Crippen LogP contribution < -0.4 is 10.1 Å². The van der Waals surface area contributed by atoms with Gasteiger partial charge in [-0.05, 0) is 49.3 Å². The molecule has 1 saturated heterocycles. The van der Waals surface area contributed by atoms with E-state index in [9.17, 15) is 0 Å². The molecule has 1 heterocycles. The zero-order valence-corrected chi connectivity index (χ0v) is 14.1. The number of aliphatic imine (C=N–C) groups is 1. The zero-order chi connectivity index (χ0) is 15.8. The molecule has 0 saturated carbocycles. The summed E-state index contributed by atoms with van der Waals surface area (Å²) in [6, 6.07) is 8.31. The molecule has 1 aliphatic heterocycles. The van der Waals surface area contributed by atoms with E-state index in [1.165, 1.54) is 18.4 Å². The number of benzene rings is 1. The molecular formula is C18H29N3O. The van der Waals surface area contributed by atoms with Gasteiger partial charge >= 0.3 is 0 Å². The van der Waals surface area contributed by atoms with Gasteiger partial charge in [-0.1, -0.05) is 19.1 Å². The van der Waals surface area contributed by atoms with Crippen LogP contribution in [-0.2, 0) is 6.42 Å². The molecule has 2 rings (SSSR count). The average Bonchev–Trinajstić information content (AvgIpc) is 2.56. The van der Waals surface area contributed by atoms with Gasteiger partial charge in [0.1, 0.15) is 5.75 Å². The lowest BCUT2D eigenvalue weighted by molar-refractivity contribution is 0.273. The molecule has 0 amide bonds. The molecule has 0 spiro atoms. The van der Waals surface area contributed by atoms with Gasteiger partial charge in [-0.25, -0.2) is 0 Å². The molecule has 4 nitrogen and oxygen atoms in total. The lowest BCUT2D eigenvalue weighted by Crippen LogP contribution is -2.45. The average molecular weight is 303 g/mol. The summed E-state index contributed by atoms with van der Waals surface area (Å²) in [5, 5.41) is 3.50. The smallest absolute Gasteiger partial charge is 0.193 e. The number of nitrogens with one attached hydrogen (secondary N) is 1. The van der Waals surface area contributed by atoms with E-state index in [-0.39, 0.29) is 0 Å². The molecule has 0 aromatic heterocycles. The highest BCUT2D eigenvalue weighted by atomic mass is 16.5. The zero-order valence-electron chi connectivity index (χ0n) is 14.1. The normalized spacial score (nSPS) is 16.7. The van der Waals surface area contributed by atoms with Crippen LogP contribution >= 0.6 is 0 Å². The molecule has 0 aliphatic carbocycles. The third-order valence-corrected chi connectivity index (χ3v) is 4.35. The van der Waals surface area contributed by atoms with Gasteiger partial charge in [0.15, 0.2) is 5.96 Å². The molecule has 1 aromatic carbocycles. The maximum Gasteiger partial charge on any atom is 0.193 e. The van der Waals surface area contributed by atoms with Crippen molar-refractivity contribution in [2.24, 2.45) is 10.9 Å². The van der Waals surface area contributed by atoms with Crippen molar-refractivity contribution in [1.29, 1.82) is 0 Å². The van der Waals surface area contributed by atoms with E-state index in [2.05, 4.69) is 40.3 Å². The van der Waals surface area contributed by atoms with Crippen molar-refractivity contribution in [3.63, 3.8) is 0 Å². The Balaban J connectivity index is 1.72. The van der Waals surface area contributed by atoms with Crippen LogP contribution in [0.15, 0.2) is 29.3 Å². The molecule has 122 valence electrons. The summed E-state index contributed by atoms with van der Waals surface area (Å²) in [5.41, 5.74) is 1.32. The summed E-state index contributed by atoms with van der Waals surface area (Å²) in [5.74, 6) is 2.84. The number of ether oxygens (including phenoxy) is 1. The first-order valence-electron chi connectivity index (χ1n) is 8.31. The standard InChI is InChI=1S/C18H29N3O/c1-15-9-12-21(13-10-15)18(19-2)20-11-5-7-16-6-4-8-17(14-16)22-3/h4,6,8,14-15H,5,7,9-13H2,1-3H3,(H,19,20). The Hall–Kier alpha value is -1.71. The van der Waals surface area contributed by atoms with Crippen molar-refractivity contribution >= 4 is 5.96 Å². The van der Waals surface area contributed by atoms with Gasteiger partial charge in [-0.15, -0.1) is 0 Å². The molecule has 1 aliphatic rings. The summed E-state index contributed by atoms with van der Waals surface area (Å²) in [7, 11) is 3.59. The lowest BCUT2D eigenvalue weighted by atomic mass is 10.00. The fourth-order valence-electron chi connectivity index (χ4n) is 2.87. The number of piperidine rings is 1. The Kier molecular flexibility index (Phi) is 6.56. The highest BCUT2D eigenvalue weighted by Crippen LogP contribution is 2.16. The Labute approximate surface area is 134 Å². The second-order valence-corrected chi connectivity index (χ2v) is 6.10. The van der Waals surface area contributed by atoms with Crippen molar-refractivity contribution in [1.82, 2.24) is 10.2 Å². The number of nitrogens with zero attached hydrogens (tertiary/aromatic N) is 2. The van der Waals surface area contributed by atoms with Crippen LogP contribution in [0.4, 0.5) is 0 Å². The van der Waals surface area contributed by atoms with Crippen LogP contribution in [0, 0.1) is 5.92 Å². The number of aryl methyl sites for hydroxylation is 1. The van der Waals surface area contributed by atoms with E-state index in [0.717, 1.165) is 50.1 Å². The summed E-state index contributed by atoms with van der Waals surface area (Å²) < 4.78 is 5.26. The van der Waals surface area contributed by atoms with Crippen molar-refractivity contribution < 1.29 is 4.74 Å². The van der Waals surface area contributed by atoms with Gasteiger partial charge < -0.3 is 15.0 Å². The van der Waals surface area contributed by atoms with E-state index in [1.807, 2.05) is 13.1 Å². The van der Waals surface area contributed by atoms with Crippen molar-refractivity contribution in [3.05, 3.63) is 29.8 Å². The molecule has 1 aromatic rings. The van der Waals surface area contributed by atoms with Crippen LogP contribution in [-0.4, -0.2) is 44.7 Å². The minimum Gasteiger partial charge on any atom is -0.497 e. The lowest BCUT2D eigenvalue weighted by Gasteiger charge is -2.32. The van der Waals surface area contributed by atoms with Gasteiger partial charge in [0, 0.05) is 26.7 Å². The Morgan fingerprint density at radius 3 is 2.82 bits per heavy atom. The largest absolute Gasteiger partial charge is 0.497 e. The van der Waals surface area contributed by atoms with Gasteiger partial charge in [0.2, 0.25) is 0 Å².